The van der Waals surface area contributed by atoms with Crippen LogP contribution in [0.5, 0.6) is 0 Å². The smallest absolute Gasteiger partial charge is 0.859 e. The van der Waals surface area contributed by atoms with Crippen LogP contribution in [0.25, 0.3) is 0 Å². The Morgan fingerprint density at radius 2 is 1.61 bits per heavy atom. The third kappa shape index (κ3) is 22.1. The number of allylic oxidation sites excluding steroid dienone is 1. The maximum Gasteiger partial charge on any atom is 1.00 e. The van der Waals surface area contributed by atoms with Gasteiger partial charge in [0.15, 0.2) is 0 Å². The molecule has 0 fully saturated rings. The van der Waals surface area contributed by atoms with Crippen molar-refractivity contribution in [3.8, 4) is 0 Å². The first-order chi connectivity index (χ1) is 10.5. The fourth-order valence-electron chi connectivity index (χ4n) is 2.07. The Kier molecular flexibility index (Phi) is 18.7. The van der Waals surface area contributed by atoms with Gasteiger partial charge in [-0.15, -0.1) is 0 Å². The van der Waals surface area contributed by atoms with Gasteiger partial charge < -0.3 is 10.1 Å². The van der Waals surface area contributed by atoms with E-state index in [1.807, 2.05) is 6.08 Å². The van der Waals surface area contributed by atoms with Crippen molar-refractivity contribution in [1.82, 2.24) is 0 Å². The van der Waals surface area contributed by atoms with Gasteiger partial charge in [-0.05, 0) is 25.2 Å². The Hall–Kier alpha value is 0.120. The predicted molar refractivity (Wildman–Crippen MR) is 89.7 cm³/mol. The van der Waals surface area contributed by atoms with Crippen LogP contribution in [0.1, 0.15) is 71.1 Å². The Morgan fingerprint density at radius 1 is 1.04 bits per heavy atom. The first-order valence-corrected chi connectivity index (χ1v) is 9.90. The van der Waals surface area contributed by atoms with Gasteiger partial charge in [0.25, 0.3) is 10.1 Å². The van der Waals surface area contributed by atoms with Gasteiger partial charge in [-0.2, -0.15) is 8.42 Å². The minimum absolute atomic E-state index is 0. The first-order valence-electron chi connectivity index (χ1n) is 8.29. The summed E-state index contributed by atoms with van der Waals surface area (Å²) in [4.78, 5) is 3.70. The molecule has 0 aromatic rings. The summed E-state index contributed by atoms with van der Waals surface area (Å²) < 4.78 is 29.4. The topological polar surface area (TPSA) is 89.8 Å². The van der Waals surface area contributed by atoms with Gasteiger partial charge in [0.2, 0.25) is 0 Å². The van der Waals surface area contributed by atoms with Crippen molar-refractivity contribution in [2.24, 2.45) is 4.99 Å². The average Bonchev–Trinajstić information content (AvgIpc) is 2.44. The summed E-state index contributed by atoms with van der Waals surface area (Å²) in [6.07, 6.45) is 14.4. The van der Waals surface area contributed by atoms with Gasteiger partial charge in [0, 0.05) is 6.54 Å². The van der Waals surface area contributed by atoms with Crippen LogP contribution < -0.4 is 34.7 Å². The van der Waals surface area contributed by atoms with E-state index in [4.69, 9.17) is 4.55 Å². The number of hydrogen-bond acceptors (Lipinski definition) is 4. The zero-order valence-electron chi connectivity index (χ0n) is 14.7. The molecule has 7 heteroatoms. The Bertz CT molecular complexity index is 422. The molecule has 0 heterocycles. The molecule has 0 saturated heterocycles. The molecular formula is C16H30NNaO4S. The summed E-state index contributed by atoms with van der Waals surface area (Å²) in [5, 5.41) is 11.3. The summed E-state index contributed by atoms with van der Waals surface area (Å²) >= 11 is 0. The third-order valence-electron chi connectivity index (χ3n) is 3.31. The van der Waals surface area contributed by atoms with E-state index in [-0.39, 0.29) is 54.2 Å². The van der Waals surface area contributed by atoms with E-state index in [0.29, 0.717) is 0 Å². The van der Waals surface area contributed by atoms with Gasteiger partial charge in [0.05, 0.1) is 5.75 Å². The SMILES string of the molecule is CCCCCCCCCC/C=C/C([O-])=NCCCS(=O)(=O)O.[Na+]. The van der Waals surface area contributed by atoms with Crippen molar-refractivity contribution >= 4 is 16.0 Å². The molecule has 0 spiro atoms. The van der Waals surface area contributed by atoms with Crippen molar-refractivity contribution in [1.29, 1.82) is 0 Å². The summed E-state index contributed by atoms with van der Waals surface area (Å²) in [6.45, 7) is 2.34. The number of nitrogens with zero attached hydrogens (tertiary/aromatic N) is 1. The molecule has 0 aromatic carbocycles. The molecule has 0 rings (SSSR count). The van der Waals surface area contributed by atoms with Crippen LogP contribution in [0.2, 0.25) is 0 Å². The van der Waals surface area contributed by atoms with Crippen LogP contribution in [0.4, 0.5) is 0 Å². The number of hydrogen-bond donors (Lipinski definition) is 1. The standard InChI is InChI=1S/C16H31NO4S.Na/c1-2-3-4-5-6-7-8-9-10-11-13-16(18)17-14-12-15-22(19,20)21;/h11,13H,2-10,12,14-15H2,1H3,(H,17,18)(H,19,20,21);/q;+1/p-1/b13-11+;. The average molecular weight is 355 g/mol. The maximum absolute atomic E-state index is 11.3. The Balaban J connectivity index is 0. The first kappa shape index (κ1) is 25.4. The molecule has 0 atom stereocenters. The molecular weight excluding hydrogens is 325 g/mol. The monoisotopic (exact) mass is 355 g/mol. The van der Waals surface area contributed by atoms with Gasteiger partial charge >= 0.3 is 29.6 Å². The molecule has 0 aromatic heterocycles. The molecule has 0 bridgehead atoms. The Morgan fingerprint density at radius 3 is 2.17 bits per heavy atom. The largest absolute Gasteiger partial charge is 1.00 e. The van der Waals surface area contributed by atoms with Crippen molar-refractivity contribution in [3.63, 3.8) is 0 Å². The summed E-state index contributed by atoms with van der Waals surface area (Å²) in [5.41, 5.74) is 0. The van der Waals surface area contributed by atoms with Crippen LogP contribution >= 0.6 is 0 Å². The predicted octanol–water partition coefficient (Wildman–Crippen LogP) is 0.114. The van der Waals surface area contributed by atoms with Crippen LogP contribution in [-0.2, 0) is 10.1 Å². The van der Waals surface area contributed by atoms with E-state index in [9.17, 15) is 13.5 Å². The minimum Gasteiger partial charge on any atom is -0.859 e. The van der Waals surface area contributed by atoms with Crippen molar-refractivity contribution in [3.05, 3.63) is 12.2 Å². The molecule has 0 amide bonds. The minimum atomic E-state index is -3.95. The molecule has 0 aliphatic heterocycles. The van der Waals surface area contributed by atoms with E-state index < -0.39 is 10.1 Å². The molecule has 0 unspecified atom stereocenters. The normalized spacial score (nSPS) is 12.5. The molecule has 23 heavy (non-hydrogen) atoms. The Labute approximate surface area is 163 Å². The van der Waals surface area contributed by atoms with Crippen molar-refractivity contribution < 1.29 is 47.6 Å². The fraction of sp³-hybridized carbons (Fsp3) is 0.812. The van der Waals surface area contributed by atoms with Crippen molar-refractivity contribution in [2.75, 3.05) is 12.3 Å². The van der Waals surface area contributed by atoms with Gasteiger partial charge in [-0.25, -0.2) is 0 Å². The van der Waals surface area contributed by atoms with Crippen LogP contribution in [0, 0.1) is 0 Å². The van der Waals surface area contributed by atoms with Gasteiger partial charge in [-0.1, -0.05) is 64.0 Å². The molecule has 0 radical (unpaired) electrons. The van der Waals surface area contributed by atoms with E-state index in [1.54, 1.807) is 0 Å². The van der Waals surface area contributed by atoms with Crippen LogP contribution in [0.15, 0.2) is 17.1 Å². The summed E-state index contributed by atoms with van der Waals surface area (Å²) in [5.74, 6) is -0.693. The van der Waals surface area contributed by atoms with E-state index in [2.05, 4.69) is 11.9 Å². The molecule has 0 saturated carbocycles. The van der Waals surface area contributed by atoms with Crippen molar-refractivity contribution in [2.45, 2.75) is 71.1 Å². The van der Waals surface area contributed by atoms with Gasteiger partial charge in [0.1, 0.15) is 0 Å². The zero-order valence-corrected chi connectivity index (χ0v) is 17.5. The third-order valence-corrected chi connectivity index (χ3v) is 4.12. The molecule has 5 nitrogen and oxygen atoms in total. The second kappa shape index (κ2) is 17.0. The molecule has 1 N–H and O–H groups in total. The summed E-state index contributed by atoms with van der Waals surface area (Å²) in [6, 6.07) is 0. The zero-order chi connectivity index (χ0) is 16.7. The molecule has 130 valence electrons. The number of rotatable bonds is 14. The number of unbranched alkanes of at least 4 members (excludes halogenated alkanes) is 8. The molecule has 0 aliphatic carbocycles. The van der Waals surface area contributed by atoms with Gasteiger partial charge in [-0.3, -0.25) is 4.55 Å². The fourth-order valence-corrected chi connectivity index (χ4v) is 2.56. The number of aliphatic imine (C=N–C) groups is 1. The van der Waals surface area contributed by atoms with E-state index in [0.717, 1.165) is 12.8 Å². The van der Waals surface area contributed by atoms with E-state index in [1.165, 1.54) is 51.0 Å². The summed E-state index contributed by atoms with van der Waals surface area (Å²) in [7, 11) is -3.95. The molecule has 0 aliphatic rings. The van der Waals surface area contributed by atoms with E-state index >= 15 is 0 Å². The second-order valence-electron chi connectivity index (χ2n) is 5.53. The maximum atomic E-state index is 11.3. The van der Waals surface area contributed by atoms with Crippen LogP contribution in [0.3, 0.4) is 0 Å². The second-order valence-corrected chi connectivity index (χ2v) is 7.10. The van der Waals surface area contributed by atoms with Crippen LogP contribution in [-0.4, -0.2) is 31.2 Å². The quantitative estimate of drug-likeness (QED) is 0.157.